The van der Waals surface area contributed by atoms with Crippen LogP contribution in [0.5, 0.6) is 0 Å². The van der Waals surface area contributed by atoms with Crippen LogP contribution in [0.2, 0.25) is 0 Å². The lowest BCUT2D eigenvalue weighted by Gasteiger charge is -2.18. The van der Waals surface area contributed by atoms with Crippen molar-refractivity contribution in [2.45, 2.75) is 335 Å². The van der Waals surface area contributed by atoms with Crippen LogP contribution in [0.15, 0.2) is 97.2 Å². The summed E-state index contributed by atoms with van der Waals surface area (Å²) in [5.41, 5.74) is 0. The molecule has 6 nitrogen and oxygen atoms in total. The van der Waals surface area contributed by atoms with Crippen LogP contribution in [0, 0.1) is 0 Å². The lowest BCUT2D eigenvalue weighted by molar-refractivity contribution is -0.167. The van der Waals surface area contributed by atoms with E-state index in [0.717, 1.165) is 128 Å². The van der Waals surface area contributed by atoms with E-state index in [1.54, 1.807) is 0 Å². The second-order valence-corrected chi connectivity index (χ2v) is 22.4. The highest BCUT2D eigenvalue weighted by Gasteiger charge is 2.19. The van der Waals surface area contributed by atoms with E-state index in [1.165, 1.54) is 161 Å². The molecule has 0 fully saturated rings. The van der Waals surface area contributed by atoms with Crippen LogP contribution in [-0.2, 0) is 28.6 Å². The van der Waals surface area contributed by atoms with Crippen LogP contribution >= 0.6 is 0 Å². The fraction of sp³-hybridized carbons (Fsp3) is 0.740. The van der Waals surface area contributed by atoms with Crippen molar-refractivity contribution in [2.75, 3.05) is 13.2 Å². The van der Waals surface area contributed by atoms with Gasteiger partial charge < -0.3 is 14.2 Å². The number of hydrogen-bond donors (Lipinski definition) is 0. The van der Waals surface area contributed by atoms with Gasteiger partial charge in [0.05, 0.1) is 0 Å². The molecule has 0 aromatic rings. The topological polar surface area (TPSA) is 78.9 Å². The summed E-state index contributed by atoms with van der Waals surface area (Å²) in [4.78, 5) is 38.0. The van der Waals surface area contributed by atoms with Gasteiger partial charge in [-0.1, -0.05) is 323 Å². The lowest BCUT2D eigenvalue weighted by atomic mass is 10.0. The zero-order valence-corrected chi connectivity index (χ0v) is 52.1. The third kappa shape index (κ3) is 65.0. The second-order valence-electron chi connectivity index (χ2n) is 22.4. The van der Waals surface area contributed by atoms with Gasteiger partial charge in [0.1, 0.15) is 13.2 Å². The Hall–Kier alpha value is -3.67. The van der Waals surface area contributed by atoms with Gasteiger partial charge in [-0.25, -0.2) is 0 Å². The second kappa shape index (κ2) is 66.8. The highest BCUT2D eigenvalue weighted by molar-refractivity contribution is 5.71. The molecule has 0 aromatic heterocycles. The minimum atomic E-state index is -0.780. The molecular weight excluding hydrogens is 973 g/mol. The Labute approximate surface area is 489 Å². The predicted molar refractivity (Wildman–Crippen MR) is 344 cm³/mol. The number of hydrogen-bond acceptors (Lipinski definition) is 6. The third-order valence-electron chi connectivity index (χ3n) is 14.6. The van der Waals surface area contributed by atoms with Gasteiger partial charge in [0, 0.05) is 19.3 Å². The summed E-state index contributed by atoms with van der Waals surface area (Å²) in [5, 5.41) is 0. The monoisotopic (exact) mass is 1100 g/mol. The van der Waals surface area contributed by atoms with E-state index in [9.17, 15) is 14.4 Å². The number of unbranched alkanes of at least 4 members (excludes halogenated alkanes) is 34. The molecular formula is C73H126O6. The van der Waals surface area contributed by atoms with Gasteiger partial charge in [0.2, 0.25) is 0 Å². The highest BCUT2D eigenvalue weighted by atomic mass is 16.6. The van der Waals surface area contributed by atoms with E-state index >= 15 is 0 Å². The maximum absolute atomic E-state index is 12.8. The largest absolute Gasteiger partial charge is 0.462 e. The Kier molecular flexibility index (Phi) is 63.7. The smallest absolute Gasteiger partial charge is 0.306 e. The molecule has 0 amide bonds. The fourth-order valence-electron chi connectivity index (χ4n) is 9.58. The van der Waals surface area contributed by atoms with Crippen molar-refractivity contribution in [1.29, 1.82) is 0 Å². The molecule has 0 N–H and O–H groups in total. The molecule has 454 valence electrons. The van der Waals surface area contributed by atoms with E-state index in [2.05, 4.69) is 118 Å². The zero-order valence-electron chi connectivity index (χ0n) is 52.1. The summed E-state index contributed by atoms with van der Waals surface area (Å²) >= 11 is 0. The Balaban J connectivity index is 4.06. The molecule has 0 rings (SSSR count). The van der Waals surface area contributed by atoms with Crippen LogP contribution in [0.4, 0.5) is 0 Å². The molecule has 0 saturated carbocycles. The van der Waals surface area contributed by atoms with E-state index in [0.29, 0.717) is 19.3 Å². The van der Waals surface area contributed by atoms with Gasteiger partial charge in [0.25, 0.3) is 0 Å². The summed E-state index contributed by atoms with van der Waals surface area (Å²) in [7, 11) is 0. The van der Waals surface area contributed by atoms with Crippen molar-refractivity contribution in [3.05, 3.63) is 97.2 Å². The first kappa shape index (κ1) is 75.3. The van der Waals surface area contributed by atoms with E-state index in [4.69, 9.17) is 14.2 Å². The van der Waals surface area contributed by atoms with Crippen molar-refractivity contribution in [3.8, 4) is 0 Å². The van der Waals surface area contributed by atoms with Gasteiger partial charge >= 0.3 is 17.9 Å². The number of carbonyl (C=O) groups excluding carboxylic acids is 3. The normalized spacial score (nSPS) is 12.7. The number of allylic oxidation sites excluding steroid dienone is 16. The maximum Gasteiger partial charge on any atom is 0.306 e. The molecule has 79 heavy (non-hydrogen) atoms. The molecule has 1 atom stereocenters. The molecule has 0 saturated heterocycles. The molecule has 1 unspecified atom stereocenters. The van der Waals surface area contributed by atoms with Crippen LogP contribution in [0.25, 0.3) is 0 Å². The number of esters is 3. The third-order valence-corrected chi connectivity index (χ3v) is 14.6. The first-order valence-corrected chi connectivity index (χ1v) is 33.7. The molecule has 6 heteroatoms. The van der Waals surface area contributed by atoms with E-state index in [-0.39, 0.29) is 31.1 Å². The van der Waals surface area contributed by atoms with Crippen molar-refractivity contribution in [1.82, 2.24) is 0 Å². The van der Waals surface area contributed by atoms with Crippen LogP contribution in [0.1, 0.15) is 329 Å². The summed E-state index contributed by atoms with van der Waals surface area (Å²) in [6.45, 7) is 6.47. The number of carbonyl (C=O) groups is 3. The summed E-state index contributed by atoms with van der Waals surface area (Å²) in [5.74, 6) is -0.897. The Morgan fingerprint density at radius 1 is 0.266 bits per heavy atom. The number of rotatable bonds is 61. The highest BCUT2D eigenvalue weighted by Crippen LogP contribution is 2.17. The SMILES string of the molecule is CC/C=C\C/C=C\C/C=C\C/C=C\C/C=C\C/C=C\C/C=C\C/C=C\CCCCCCCCC(=O)OCC(COC(=O)CCCCCCC)OC(=O)CCCCCCCCCCCCCCCCCCCCCCCCCCC. The molecule has 0 aliphatic carbocycles. The molecule has 0 aliphatic rings. The van der Waals surface area contributed by atoms with Gasteiger partial charge in [-0.15, -0.1) is 0 Å². The van der Waals surface area contributed by atoms with E-state index < -0.39 is 6.10 Å². The van der Waals surface area contributed by atoms with Crippen LogP contribution < -0.4 is 0 Å². The molecule has 0 heterocycles. The summed E-state index contributed by atoms with van der Waals surface area (Å²) in [6.07, 6.45) is 90.5. The molecule has 0 radical (unpaired) electrons. The average Bonchev–Trinajstić information content (AvgIpc) is 3.45. The molecule has 0 spiro atoms. The van der Waals surface area contributed by atoms with Gasteiger partial charge in [-0.2, -0.15) is 0 Å². The maximum atomic E-state index is 12.8. The predicted octanol–water partition coefficient (Wildman–Crippen LogP) is 23.2. The van der Waals surface area contributed by atoms with Crippen molar-refractivity contribution >= 4 is 17.9 Å². The van der Waals surface area contributed by atoms with Crippen molar-refractivity contribution < 1.29 is 28.6 Å². The van der Waals surface area contributed by atoms with Gasteiger partial charge in [0.15, 0.2) is 6.10 Å². The Morgan fingerprint density at radius 3 is 0.772 bits per heavy atom. The quantitative estimate of drug-likeness (QED) is 0.0261. The molecule has 0 bridgehead atoms. The lowest BCUT2D eigenvalue weighted by Crippen LogP contribution is -2.30. The Bertz CT molecular complexity index is 1540. The minimum Gasteiger partial charge on any atom is -0.462 e. The van der Waals surface area contributed by atoms with Crippen LogP contribution in [-0.4, -0.2) is 37.2 Å². The van der Waals surface area contributed by atoms with Crippen molar-refractivity contribution in [3.63, 3.8) is 0 Å². The average molecular weight is 1100 g/mol. The first-order chi connectivity index (χ1) is 39.0. The summed E-state index contributed by atoms with van der Waals surface area (Å²) < 4.78 is 16.8. The van der Waals surface area contributed by atoms with Crippen molar-refractivity contribution in [2.24, 2.45) is 0 Å². The van der Waals surface area contributed by atoms with Gasteiger partial charge in [-0.3, -0.25) is 14.4 Å². The first-order valence-electron chi connectivity index (χ1n) is 33.7. The number of ether oxygens (including phenoxy) is 3. The molecule has 0 aromatic carbocycles. The van der Waals surface area contributed by atoms with E-state index in [1.807, 2.05) is 0 Å². The zero-order chi connectivity index (χ0) is 57.1. The minimum absolute atomic E-state index is 0.0801. The molecule has 0 aliphatic heterocycles. The van der Waals surface area contributed by atoms with Gasteiger partial charge in [-0.05, 0) is 83.5 Å². The fourth-order valence-corrected chi connectivity index (χ4v) is 9.58. The Morgan fingerprint density at radius 2 is 0.494 bits per heavy atom. The van der Waals surface area contributed by atoms with Crippen LogP contribution in [0.3, 0.4) is 0 Å². The standard InChI is InChI=1S/C73H126O6/c1-4-7-10-13-15-17-19-21-23-25-27-29-31-33-34-35-36-37-38-40-41-43-45-47-49-51-53-55-57-60-63-66-72(75)78-69-70(68-77-71(74)65-62-59-12-9-6-3)79-73(76)67-64-61-58-56-54-52-50-48-46-44-42-39-32-30-28-26-24-22-20-18-16-14-11-8-5-2/h7,10,15,17,21,23,27,29,33-34,36-37,40-41,45,47,70H,4-6,8-9,11-14,16,18-20,22,24-26,28,30-32,35,38-39,42-44,46,48-69H2,1-3H3/b10-7-,17-15-,23-21-,29-27-,34-33-,37-36-,41-40-,47-45-. The summed E-state index contributed by atoms with van der Waals surface area (Å²) in [6, 6.07) is 0.